The Hall–Kier alpha value is -2.98. The molecule has 2 aliphatic rings. The summed E-state index contributed by atoms with van der Waals surface area (Å²) in [4.78, 5) is 8.40. The first kappa shape index (κ1) is 36.3. The molecule has 0 amide bonds. The van der Waals surface area contributed by atoms with Crippen LogP contribution in [0.25, 0.3) is 0 Å². The van der Waals surface area contributed by atoms with Crippen LogP contribution >= 0.6 is 34.5 Å². The van der Waals surface area contributed by atoms with Gasteiger partial charge in [0.05, 0.1) is 37.2 Å². The number of aliphatic imine (C=N–C) groups is 1. The van der Waals surface area contributed by atoms with Crippen molar-refractivity contribution in [3.8, 4) is 11.8 Å². The number of allylic oxidation sites excluding steroid dienone is 1. The van der Waals surface area contributed by atoms with Crippen molar-refractivity contribution in [1.29, 1.82) is 0 Å². The maximum absolute atomic E-state index is 14.3. The van der Waals surface area contributed by atoms with Crippen molar-refractivity contribution < 1.29 is 22.0 Å². The van der Waals surface area contributed by atoms with Crippen molar-refractivity contribution in [3.05, 3.63) is 96.8 Å². The Bertz CT molecular complexity index is 1730. The summed E-state index contributed by atoms with van der Waals surface area (Å²) in [5.41, 5.74) is 10.6. The van der Waals surface area contributed by atoms with Gasteiger partial charge in [-0.1, -0.05) is 47.9 Å². The molecular weight excluding hydrogens is 688 g/mol. The fraction of sp³-hybridized carbons (Fsp3) is 0.400. The molecule has 256 valence electrons. The fourth-order valence-corrected chi connectivity index (χ4v) is 7.22. The van der Waals surface area contributed by atoms with Crippen LogP contribution < -0.4 is 17.0 Å². The predicted octanol–water partition coefficient (Wildman–Crippen LogP) is 8.95. The molecule has 1 atom stereocenters. The summed E-state index contributed by atoms with van der Waals surface area (Å²) in [5, 5.41) is 0.786. The first-order valence-corrected chi connectivity index (χ1v) is 17.2. The molecule has 13 heteroatoms. The Morgan fingerprint density at radius 3 is 2.38 bits per heavy atom. The molecule has 2 fully saturated rings. The molecule has 1 unspecified atom stereocenters. The van der Waals surface area contributed by atoms with Gasteiger partial charge in [-0.3, -0.25) is 16.2 Å². The Morgan fingerprint density at radius 1 is 1.00 bits per heavy atom. The van der Waals surface area contributed by atoms with E-state index in [9.17, 15) is 22.0 Å². The number of hydrogen-bond donors (Lipinski definition) is 3. The number of alkyl halides is 5. The quantitative estimate of drug-likeness (QED) is 0.0436. The molecule has 48 heavy (non-hydrogen) atoms. The Labute approximate surface area is 291 Å². The second-order valence-electron chi connectivity index (χ2n) is 12.3. The number of thiophene rings is 1. The first-order valence-electron chi connectivity index (χ1n) is 15.6. The zero-order chi connectivity index (χ0) is 34.5. The third-order valence-electron chi connectivity index (χ3n) is 8.74. The summed E-state index contributed by atoms with van der Waals surface area (Å²) in [6.07, 6.45) is 0.143. The third kappa shape index (κ3) is 8.97. The smallest absolute Gasteiger partial charge is 0.402 e. The highest BCUT2D eigenvalue weighted by atomic mass is 35.5. The highest BCUT2D eigenvalue weighted by Gasteiger charge is 2.72. The number of nitrogens with one attached hydrogen (secondary N) is 1. The summed E-state index contributed by atoms with van der Waals surface area (Å²) >= 11 is 14.1. The summed E-state index contributed by atoms with van der Waals surface area (Å²) in [6.45, 7) is 1.84. The largest absolute Gasteiger partial charge is 0.416 e. The van der Waals surface area contributed by atoms with E-state index in [1.807, 2.05) is 17.0 Å². The van der Waals surface area contributed by atoms with Crippen LogP contribution in [-0.2, 0) is 6.18 Å². The minimum absolute atomic E-state index is 0.101. The summed E-state index contributed by atoms with van der Waals surface area (Å²) in [6, 6.07) is 13.3. The standard InChI is InChI=1S/C35H36Cl2F5N5S/c36-25-11-14-30(28(37)19-25)46-32(31-15-13-26(48-31)12-8-23-6-9-24(10-7-23)35(40,41)42)27(29(43)5-3-1-2-4-17-45-44)20-47-18-16-33(22-47)21-34(33,38)39/h6-7,9-11,13-15,19,45H,1-5,16-18,20-22,43-44H2/b29-27-,46-32?. The molecule has 2 heterocycles. The first-order chi connectivity index (χ1) is 22.8. The molecule has 1 aromatic heterocycles. The SMILES string of the molecule is NNCCCCCC/C(N)=C(\CN1CCC2(C1)CC2(F)F)C(=Nc1ccc(Cl)cc1Cl)c1ccc(C#Cc2ccc(C(F)(F)F)cc2)s1. The van der Waals surface area contributed by atoms with Gasteiger partial charge < -0.3 is 5.73 Å². The van der Waals surface area contributed by atoms with E-state index in [0.29, 0.717) is 63.5 Å². The molecular formula is C35H36Cl2F5N5S. The number of unbranched alkanes of at least 4 members (excludes halogenated alkanes) is 3. The van der Waals surface area contributed by atoms with E-state index in [2.05, 4.69) is 17.3 Å². The van der Waals surface area contributed by atoms with E-state index < -0.39 is 23.1 Å². The highest BCUT2D eigenvalue weighted by Crippen LogP contribution is 2.65. The topological polar surface area (TPSA) is 79.7 Å². The van der Waals surface area contributed by atoms with Gasteiger partial charge in [0, 0.05) is 47.9 Å². The van der Waals surface area contributed by atoms with Crippen LogP contribution in [-0.4, -0.2) is 42.7 Å². The van der Waals surface area contributed by atoms with Crippen molar-refractivity contribution in [2.45, 2.75) is 57.0 Å². The minimum atomic E-state index is -4.43. The lowest BCUT2D eigenvalue weighted by atomic mass is 10.0. The summed E-state index contributed by atoms with van der Waals surface area (Å²) in [5.74, 6) is 8.70. The number of benzene rings is 2. The van der Waals surface area contributed by atoms with E-state index >= 15 is 0 Å². The van der Waals surface area contributed by atoms with Crippen LogP contribution in [0.15, 0.2) is 70.9 Å². The number of likely N-dealkylation sites (tertiary alicyclic amines) is 1. The Morgan fingerprint density at radius 2 is 1.73 bits per heavy atom. The molecule has 1 saturated heterocycles. The average Bonchev–Trinajstić information content (AvgIpc) is 3.38. The van der Waals surface area contributed by atoms with E-state index in [1.165, 1.54) is 23.5 Å². The van der Waals surface area contributed by atoms with Crippen molar-refractivity contribution in [2.75, 3.05) is 26.2 Å². The predicted molar refractivity (Wildman–Crippen MR) is 184 cm³/mol. The van der Waals surface area contributed by atoms with Gasteiger partial charge in [0.2, 0.25) is 0 Å². The monoisotopic (exact) mass is 723 g/mol. The highest BCUT2D eigenvalue weighted by molar-refractivity contribution is 7.14. The van der Waals surface area contributed by atoms with Crippen LogP contribution in [0.2, 0.25) is 10.0 Å². The van der Waals surface area contributed by atoms with Crippen molar-refractivity contribution >= 4 is 45.9 Å². The Kier molecular flexibility index (Phi) is 11.6. The molecule has 2 aromatic carbocycles. The molecule has 0 bridgehead atoms. The Balaban J connectivity index is 1.49. The van der Waals surface area contributed by atoms with Crippen molar-refractivity contribution in [1.82, 2.24) is 10.3 Å². The van der Waals surface area contributed by atoms with Gasteiger partial charge in [-0.05, 0) is 86.8 Å². The lowest BCUT2D eigenvalue weighted by molar-refractivity contribution is -0.137. The lowest BCUT2D eigenvalue weighted by Gasteiger charge is -2.22. The molecule has 1 aliphatic heterocycles. The fourth-order valence-electron chi connectivity index (χ4n) is 5.89. The number of nitrogens with two attached hydrogens (primary N) is 2. The van der Waals surface area contributed by atoms with Gasteiger partial charge in [-0.25, -0.2) is 13.8 Å². The minimum Gasteiger partial charge on any atom is -0.402 e. The molecule has 1 aliphatic carbocycles. The van der Waals surface area contributed by atoms with Crippen LogP contribution in [0.5, 0.6) is 0 Å². The van der Waals surface area contributed by atoms with E-state index in [0.717, 1.165) is 54.8 Å². The zero-order valence-electron chi connectivity index (χ0n) is 26.1. The molecule has 3 aromatic rings. The molecule has 0 radical (unpaired) electrons. The number of hydrazine groups is 1. The maximum Gasteiger partial charge on any atom is 0.416 e. The van der Waals surface area contributed by atoms with Crippen LogP contribution in [0.1, 0.15) is 65.8 Å². The van der Waals surface area contributed by atoms with Crippen molar-refractivity contribution in [3.63, 3.8) is 0 Å². The van der Waals surface area contributed by atoms with Gasteiger partial charge in [0.25, 0.3) is 5.92 Å². The number of halogens is 7. The van der Waals surface area contributed by atoms with Gasteiger partial charge in [0.15, 0.2) is 0 Å². The second kappa shape index (κ2) is 15.3. The zero-order valence-corrected chi connectivity index (χ0v) is 28.4. The number of nitrogens with zero attached hydrogens (tertiary/aromatic N) is 2. The molecule has 5 N–H and O–H groups in total. The maximum atomic E-state index is 14.3. The molecule has 1 saturated carbocycles. The van der Waals surface area contributed by atoms with Gasteiger partial charge in [0.1, 0.15) is 0 Å². The van der Waals surface area contributed by atoms with Gasteiger partial charge in [-0.2, -0.15) is 13.2 Å². The molecule has 1 spiro atoms. The van der Waals surface area contributed by atoms with Crippen LogP contribution in [0.3, 0.4) is 0 Å². The van der Waals surface area contributed by atoms with E-state index in [1.54, 1.807) is 18.2 Å². The van der Waals surface area contributed by atoms with Crippen LogP contribution in [0.4, 0.5) is 27.6 Å². The molecule has 5 nitrogen and oxygen atoms in total. The number of hydrogen-bond acceptors (Lipinski definition) is 6. The van der Waals surface area contributed by atoms with Gasteiger partial charge in [-0.15, -0.1) is 11.3 Å². The normalized spacial score (nSPS) is 19.7. The molecule has 5 rings (SSSR count). The van der Waals surface area contributed by atoms with Crippen LogP contribution in [0, 0.1) is 17.3 Å². The van der Waals surface area contributed by atoms with E-state index in [-0.39, 0.29) is 13.0 Å². The lowest BCUT2D eigenvalue weighted by Crippen LogP contribution is -2.29. The summed E-state index contributed by atoms with van der Waals surface area (Å²) in [7, 11) is 0. The summed E-state index contributed by atoms with van der Waals surface area (Å²) < 4.78 is 67.6. The van der Waals surface area contributed by atoms with Gasteiger partial charge >= 0.3 is 6.18 Å². The third-order valence-corrected chi connectivity index (χ3v) is 10.3. The average molecular weight is 725 g/mol. The van der Waals surface area contributed by atoms with Crippen molar-refractivity contribution in [2.24, 2.45) is 22.0 Å². The number of rotatable bonds is 12. The van der Waals surface area contributed by atoms with E-state index in [4.69, 9.17) is 39.8 Å². The second-order valence-corrected chi connectivity index (χ2v) is 14.2.